The Labute approximate surface area is 150 Å². The van der Waals surface area contributed by atoms with Crippen LogP contribution in [0.1, 0.15) is 12.0 Å². The van der Waals surface area contributed by atoms with Gasteiger partial charge in [-0.05, 0) is 24.1 Å². The highest BCUT2D eigenvalue weighted by Gasteiger charge is 2.18. The van der Waals surface area contributed by atoms with Gasteiger partial charge in [0.05, 0.1) is 18.5 Å². The van der Waals surface area contributed by atoms with Gasteiger partial charge >= 0.3 is 12.0 Å². The fraction of sp³-hybridized carbons (Fsp3) is 0.222. The number of ether oxygens (including phenoxy) is 1. The molecule has 2 amide bonds. The second-order valence-electron chi connectivity index (χ2n) is 5.57. The van der Waals surface area contributed by atoms with Crippen LogP contribution < -0.4 is 10.6 Å². The summed E-state index contributed by atoms with van der Waals surface area (Å²) in [6.45, 7) is 0. The van der Waals surface area contributed by atoms with Crippen molar-refractivity contribution in [2.45, 2.75) is 18.9 Å². The van der Waals surface area contributed by atoms with Crippen molar-refractivity contribution in [3.05, 3.63) is 70.3 Å². The highest BCUT2D eigenvalue weighted by Crippen LogP contribution is 2.15. The smallest absolute Gasteiger partial charge is 0.319 e. The van der Waals surface area contributed by atoms with Crippen molar-refractivity contribution in [1.29, 1.82) is 0 Å². The highest BCUT2D eigenvalue weighted by molar-refractivity contribution is 5.89. The van der Waals surface area contributed by atoms with E-state index < -0.39 is 23.0 Å². The summed E-state index contributed by atoms with van der Waals surface area (Å²) in [5, 5.41) is 16.0. The van der Waals surface area contributed by atoms with Crippen molar-refractivity contribution in [2.75, 3.05) is 12.4 Å². The lowest BCUT2D eigenvalue weighted by Crippen LogP contribution is -2.40. The lowest BCUT2D eigenvalue weighted by atomic mass is 10.0. The molecule has 136 valence electrons. The molecule has 0 saturated heterocycles. The maximum Gasteiger partial charge on any atom is 0.319 e. The van der Waals surface area contributed by atoms with Gasteiger partial charge < -0.3 is 15.4 Å². The van der Waals surface area contributed by atoms with Crippen molar-refractivity contribution in [3.63, 3.8) is 0 Å². The third kappa shape index (κ3) is 5.90. The summed E-state index contributed by atoms with van der Waals surface area (Å²) in [7, 11) is 1.29. The quantitative estimate of drug-likeness (QED) is 0.450. The second-order valence-corrected chi connectivity index (χ2v) is 5.57. The van der Waals surface area contributed by atoms with Crippen molar-refractivity contribution in [3.8, 4) is 0 Å². The molecule has 0 aliphatic carbocycles. The van der Waals surface area contributed by atoms with Gasteiger partial charge in [-0.15, -0.1) is 0 Å². The number of carbonyl (C=O) groups excluding carboxylic acids is 2. The molecule has 1 atom stereocenters. The van der Waals surface area contributed by atoms with Gasteiger partial charge in [0.15, 0.2) is 0 Å². The summed E-state index contributed by atoms with van der Waals surface area (Å²) in [6, 6.07) is 13.9. The highest BCUT2D eigenvalue weighted by atomic mass is 16.6. The minimum Gasteiger partial charge on any atom is -0.469 e. The average molecular weight is 357 g/mol. The van der Waals surface area contributed by atoms with E-state index in [9.17, 15) is 19.7 Å². The van der Waals surface area contributed by atoms with Crippen LogP contribution in [0, 0.1) is 10.1 Å². The summed E-state index contributed by atoms with van der Waals surface area (Å²) in [5.74, 6) is -0.429. The van der Waals surface area contributed by atoms with Gasteiger partial charge in [0.25, 0.3) is 5.69 Å². The Morgan fingerprint density at radius 1 is 1.12 bits per heavy atom. The number of esters is 1. The fourth-order valence-corrected chi connectivity index (χ4v) is 2.38. The van der Waals surface area contributed by atoms with E-state index in [1.165, 1.54) is 31.4 Å². The predicted molar refractivity (Wildman–Crippen MR) is 95.8 cm³/mol. The number of anilines is 1. The first-order chi connectivity index (χ1) is 12.5. The summed E-state index contributed by atoms with van der Waals surface area (Å²) in [6.07, 6.45) is 0.489. The first kappa shape index (κ1) is 18.9. The third-order valence-corrected chi connectivity index (χ3v) is 3.64. The summed E-state index contributed by atoms with van der Waals surface area (Å²) in [4.78, 5) is 33.9. The molecule has 0 heterocycles. The van der Waals surface area contributed by atoms with Crippen molar-refractivity contribution >= 4 is 23.4 Å². The molecule has 2 rings (SSSR count). The Hall–Kier alpha value is -3.42. The Morgan fingerprint density at radius 2 is 1.77 bits per heavy atom. The number of nitrogens with one attached hydrogen (secondary N) is 2. The lowest BCUT2D eigenvalue weighted by Gasteiger charge is -2.18. The van der Waals surface area contributed by atoms with E-state index in [4.69, 9.17) is 0 Å². The van der Waals surface area contributed by atoms with Crippen molar-refractivity contribution in [2.24, 2.45) is 0 Å². The number of nitro groups is 1. The summed E-state index contributed by atoms with van der Waals surface area (Å²) >= 11 is 0. The van der Waals surface area contributed by atoms with Gasteiger partial charge in [0.2, 0.25) is 0 Å². The van der Waals surface area contributed by atoms with Crippen molar-refractivity contribution < 1.29 is 19.2 Å². The Bertz CT molecular complexity index is 762. The molecule has 8 heteroatoms. The zero-order valence-corrected chi connectivity index (χ0v) is 14.2. The first-order valence-corrected chi connectivity index (χ1v) is 7.90. The summed E-state index contributed by atoms with van der Waals surface area (Å²) in [5.41, 5.74) is 1.31. The largest absolute Gasteiger partial charge is 0.469 e. The standard InChI is InChI=1S/C18H19N3O5/c1-26-17(22)12-15(11-13-5-3-2-4-6-13)20-18(23)19-14-7-9-16(10-8-14)21(24)25/h2-10,15H,11-12H2,1H3,(H2,19,20,23)/t15-/m0/s1. The van der Waals surface area contributed by atoms with Gasteiger partial charge in [-0.1, -0.05) is 30.3 Å². The molecule has 0 aliphatic heterocycles. The van der Waals surface area contributed by atoms with Crippen LogP contribution in [0.4, 0.5) is 16.2 Å². The van der Waals surface area contributed by atoms with E-state index >= 15 is 0 Å². The van der Waals surface area contributed by atoms with E-state index in [0.29, 0.717) is 12.1 Å². The molecule has 0 saturated carbocycles. The number of methoxy groups -OCH3 is 1. The van der Waals surface area contributed by atoms with E-state index in [2.05, 4.69) is 15.4 Å². The average Bonchev–Trinajstić information content (AvgIpc) is 2.62. The molecule has 26 heavy (non-hydrogen) atoms. The van der Waals surface area contributed by atoms with Crippen LogP contribution in [-0.2, 0) is 16.0 Å². The molecule has 2 N–H and O–H groups in total. The van der Waals surface area contributed by atoms with Gasteiger partial charge in [0, 0.05) is 23.9 Å². The van der Waals surface area contributed by atoms with Crippen LogP contribution in [0.2, 0.25) is 0 Å². The number of rotatable bonds is 7. The molecule has 8 nitrogen and oxygen atoms in total. The normalized spacial score (nSPS) is 11.3. The van der Waals surface area contributed by atoms with Crippen LogP contribution in [0.15, 0.2) is 54.6 Å². The number of carbonyl (C=O) groups is 2. The molecule has 2 aromatic rings. The number of non-ortho nitro benzene ring substituents is 1. The number of amides is 2. The Morgan fingerprint density at radius 3 is 2.35 bits per heavy atom. The number of benzene rings is 2. The first-order valence-electron chi connectivity index (χ1n) is 7.90. The molecule has 0 aliphatic rings. The molecule has 0 spiro atoms. The van der Waals surface area contributed by atoms with Crippen LogP contribution >= 0.6 is 0 Å². The van der Waals surface area contributed by atoms with Crippen LogP contribution in [-0.4, -0.2) is 30.1 Å². The Balaban J connectivity index is 2.00. The lowest BCUT2D eigenvalue weighted by molar-refractivity contribution is -0.384. The number of hydrogen-bond donors (Lipinski definition) is 2. The number of nitrogens with zero attached hydrogens (tertiary/aromatic N) is 1. The number of nitro benzene ring substituents is 1. The third-order valence-electron chi connectivity index (χ3n) is 3.64. The monoisotopic (exact) mass is 357 g/mol. The van der Waals surface area contributed by atoms with Crippen molar-refractivity contribution in [1.82, 2.24) is 5.32 Å². The predicted octanol–water partition coefficient (Wildman–Crippen LogP) is 2.89. The maximum absolute atomic E-state index is 12.2. The maximum atomic E-state index is 12.2. The molecule has 0 bridgehead atoms. The van der Waals surface area contributed by atoms with Gasteiger partial charge in [-0.25, -0.2) is 4.79 Å². The zero-order chi connectivity index (χ0) is 18.9. The van der Waals surface area contributed by atoms with Crippen LogP contribution in [0.3, 0.4) is 0 Å². The summed E-state index contributed by atoms with van der Waals surface area (Å²) < 4.78 is 4.68. The van der Waals surface area contributed by atoms with Gasteiger partial charge in [0.1, 0.15) is 0 Å². The fourth-order valence-electron chi connectivity index (χ4n) is 2.38. The van der Waals surface area contributed by atoms with E-state index in [1.807, 2.05) is 30.3 Å². The molecule has 0 radical (unpaired) electrons. The Kier molecular flexibility index (Phi) is 6.67. The number of hydrogen-bond acceptors (Lipinski definition) is 5. The van der Waals surface area contributed by atoms with Gasteiger partial charge in [-0.2, -0.15) is 0 Å². The molecular weight excluding hydrogens is 338 g/mol. The van der Waals surface area contributed by atoms with E-state index in [1.54, 1.807) is 0 Å². The molecular formula is C18H19N3O5. The van der Waals surface area contributed by atoms with Crippen LogP contribution in [0.5, 0.6) is 0 Å². The minimum absolute atomic E-state index is 0.0269. The van der Waals surface area contributed by atoms with Gasteiger partial charge in [-0.3, -0.25) is 14.9 Å². The van der Waals surface area contributed by atoms with E-state index in [-0.39, 0.29) is 12.1 Å². The van der Waals surface area contributed by atoms with Crippen LogP contribution in [0.25, 0.3) is 0 Å². The van der Waals surface area contributed by atoms with E-state index in [0.717, 1.165) is 5.56 Å². The topological polar surface area (TPSA) is 111 Å². The molecule has 0 fully saturated rings. The zero-order valence-electron chi connectivity index (χ0n) is 14.2. The molecule has 0 aromatic heterocycles. The number of urea groups is 1. The molecule has 0 unspecified atom stereocenters. The SMILES string of the molecule is COC(=O)C[C@H](Cc1ccccc1)NC(=O)Nc1ccc([N+](=O)[O-])cc1. The molecule has 2 aromatic carbocycles. The minimum atomic E-state index is -0.518. The second kappa shape index (κ2) is 9.16.